The Kier molecular flexibility index (Phi) is 4.44. The highest BCUT2D eigenvalue weighted by atomic mass is 32.1. The summed E-state index contributed by atoms with van der Waals surface area (Å²) in [5.74, 6) is 0.168. The Morgan fingerprint density at radius 2 is 2.11 bits per heavy atom. The van der Waals surface area contributed by atoms with Gasteiger partial charge >= 0.3 is 0 Å². The van der Waals surface area contributed by atoms with Crippen molar-refractivity contribution in [3.8, 4) is 5.69 Å². The number of carbonyl (C=O) groups excluding carboxylic acids is 2. The SMILES string of the molecule is Cc1nnnn1-c1cccc(C(=O)N2CCCC2c2ccc(C(N)=O)s2)c1. The fourth-order valence-corrected chi connectivity index (χ4v) is 4.38. The fraction of sp³-hybridized carbons (Fsp3) is 0.278. The summed E-state index contributed by atoms with van der Waals surface area (Å²) in [4.78, 5) is 27.9. The van der Waals surface area contributed by atoms with Gasteiger partial charge in [-0.15, -0.1) is 16.4 Å². The maximum Gasteiger partial charge on any atom is 0.258 e. The number of rotatable bonds is 4. The number of benzene rings is 1. The van der Waals surface area contributed by atoms with E-state index in [2.05, 4.69) is 15.5 Å². The smallest absolute Gasteiger partial charge is 0.258 e. The highest BCUT2D eigenvalue weighted by Gasteiger charge is 2.32. The number of hydrogen-bond donors (Lipinski definition) is 1. The molecule has 1 atom stereocenters. The third-order valence-corrected chi connectivity index (χ3v) is 5.88. The molecule has 4 rings (SSSR count). The van der Waals surface area contributed by atoms with Crippen LogP contribution >= 0.6 is 11.3 Å². The Balaban J connectivity index is 1.62. The van der Waals surface area contributed by atoms with Crippen LogP contribution in [0.15, 0.2) is 36.4 Å². The van der Waals surface area contributed by atoms with Crippen LogP contribution < -0.4 is 5.73 Å². The van der Waals surface area contributed by atoms with Crippen LogP contribution in [0.1, 0.15) is 49.6 Å². The lowest BCUT2D eigenvalue weighted by Gasteiger charge is -2.24. The lowest BCUT2D eigenvalue weighted by atomic mass is 10.1. The van der Waals surface area contributed by atoms with Crippen LogP contribution in [0.3, 0.4) is 0 Å². The summed E-state index contributed by atoms with van der Waals surface area (Å²) in [6.45, 7) is 2.49. The lowest BCUT2D eigenvalue weighted by molar-refractivity contribution is 0.0737. The molecule has 1 aliphatic heterocycles. The third kappa shape index (κ3) is 3.21. The molecule has 0 aliphatic carbocycles. The zero-order valence-corrected chi connectivity index (χ0v) is 15.5. The number of aryl methyl sites for hydroxylation is 1. The number of thiophene rings is 1. The number of tetrazole rings is 1. The van der Waals surface area contributed by atoms with Gasteiger partial charge in [0, 0.05) is 17.0 Å². The molecule has 3 aromatic rings. The average molecular weight is 382 g/mol. The van der Waals surface area contributed by atoms with Crippen molar-refractivity contribution in [3.63, 3.8) is 0 Å². The van der Waals surface area contributed by atoms with E-state index in [0.29, 0.717) is 22.8 Å². The summed E-state index contributed by atoms with van der Waals surface area (Å²) in [6, 6.07) is 10.9. The van der Waals surface area contributed by atoms with Crippen LogP contribution in [-0.2, 0) is 0 Å². The summed E-state index contributed by atoms with van der Waals surface area (Å²) in [6.07, 6.45) is 1.79. The van der Waals surface area contributed by atoms with E-state index in [4.69, 9.17) is 5.73 Å². The Hall–Kier alpha value is -3.07. The van der Waals surface area contributed by atoms with Crippen molar-refractivity contribution in [2.45, 2.75) is 25.8 Å². The number of aromatic nitrogens is 4. The van der Waals surface area contributed by atoms with Crippen LogP contribution in [0.2, 0.25) is 0 Å². The maximum absolute atomic E-state index is 13.2. The van der Waals surface area contributed by atoms with Crippen molar-refractivity contribution < 1.29 is 9.59 Å². The molecule has 0 radical (unpaired) electrons. The van der Waals surface area contributed by atoms with Gasteiger partial charge in [0.25, 0.3) is 11.8 Å². The molecule has 0 spiro atoms. The molecular weight excluding hydrogens is 364 g/mol. The van der Waals surface area contributed by atoms with E-state index in [0.717, 1.165) is 23.4 Å². The number of nitrogens with two attached hydrogens (primary N) is 1. The van der Waals surface area contributed by atoms with Gasteiger partial charge in [0.15, 0.2) is 5.82 Å². The zero-order chi connectivity index (χ0) is 19.0. The van der Waals surface area contributed by atoms with Gasteiger partial charge in [-0.1, -0.05) is 6.07 Å². The molecular formula is C18H18N6O2S. The van der Waals surface area contributed by atoms with Crippen molar-refractivity contribution in [2.75, 3.05) is 6.54 Å². The molecule has 1 unspecified atom stereocenters. The Morgan fingerprint density at radius 3 is 2.81 bits per heavy atom. The zero-order valence-electron chi connectivity index (χ0n) is 14.7. The minimum atomic E-state index is -0.438. The standard InChI is InChI=1S/C18H18N6O2S/c1-11-20-21-22-24(11)13-5-2-4-12(10-13)18(26)23-9-3-6-14(23)15-7-8-16(27-15)17(19)25/h2,4-5,7-8,10,14H,3,6,9H2,1H3,(H2,19,25). The van der Waals surface area contributed by atoms with Gasteiger partial charge in [-0.05, 0) is 60.5 Å². The number of hydrogen-bond acceptors (Lipinski definition) is 6. The Morgan fingerprint density at radius 1 is 1.26 bits per heavy atom. The molecule has 0 bridgehead atoms. The van der Waals surface area contributed by atoms with Gasteiger partial charge in [0.1, 0.15) is 0 Å². The summed E-state index contributed by atoms with van der Waals surface area (Å²) < 4.78 is 1.59. The molecule has 1 aromatic carbocycles. The first-order chi connectivity index (χ1) is 13.0. The van der Waals surface area contributed by atoms with Gasteiger partial charge in [0.2, 0.25) is 0 Å². The number of carbonyl (C=O) groups is 2. The number of likely N-dealkylation sites (tertiary alicyclic amines) is 1. The van der Waals surface area contributed by atoms with Gasteiger partial charge in [-0.25, -0.2) is 0 Å². The normalized spacial score (nSPS) is 16.6. The fourth-order valence-electron chi connectivity index (χ4n) is 3.38. The van der Waals surface area contributed by atoms with Gasteiger partial charge in [0.05, 0.1) is 16.6 Å². The van der Waals surface area contributed by atoms with Gasteiger partial charge in [-0.2, -0.15) is 4.68 Å². The molecule has 27 heavy (non-hydrogen) atoms. The quantitative estimate of drug-likeness (QED) is 0.744. The van der Waals surface area contributed by atoms with Crippen molar-refractivity contribution in [1.82, 2.24) is 25.1 Å². The van der Waals surface area contributed by atoms with Crippen molar-refractivity contribution in [3.05, 3.63) is 57.5 Å². The Labute approximate surface area is 159 Å². The molecule has 1 saturated heterocycles. The molecule has 1 aliphatic rings. The predicted octanol–water partition coefficient (Wildman–Crippen LogP) is 2.11. The Bertz CT molecular complexity index is 1010. The molecule has 3 heterocycles. The summed E-state index contributed by atoms with van der Waals surface area (Å²) in [7, 11) is 0. The van der Waals surface area contributed by atoms with E-state index in [1.54, 1.807) is 29.8 Å². The number of amides is 2. The second-order valence-corrected chi connectivity index (χ2v) is 7.53. The van der Waals surface area contributed by atoms with Gasteiger partial charge in [-0.3, -0.25) is 9.59 Å². The summed E-state index contributed by atoms with van der Waals surface area (Å²) in [5, 5.41) is 11.5. The molecule has 2 amide bonds. The topological polar surface area (TPSA) is 107 Å². The van der Waals surface area contributed by atoms with Gasteiger partial charge < -0.3 is 10.6 Å². The number of nitrogens with zero attached hydrogens (tertiary/aromatic N) is 5. The van der Waals surface area contributed by atoms with E-state index in [9.17, 15) is 9.59 Å². The molecule has 2 N–H and O–H groups in total. The van der Waals surface area contributed by atoms with Crippen LogP contribution in [0, 0.1) is 6.92 Å². The largest absolute Gasteiger partial charge is 0.365 e. The molecule has 2 aromatic heterocycles. The van der Waals surface area contributed by atoms with Crippen LogP contribution in [0.4, 0.5) is 0 Å². The summed E-state index contributed by atoms with van der Waals surface area (Å²) in [5.41, 5.74) is 6.69. The van der Waals surface area contributed by atoms with Crippen LogP contribution in [0.5, 0.6) is 0 Å². The molecule has 8 nitrogen and oxygen atoms in total. The predicted molar refractivity (Wildman–Crippen MR) is 99.7 cm³/mol. The minimum absolute atomic E-state index is 0.0333. The van der Waals surface area contributed by atoms with Crippen molar-refractivity contribution >= 4 is 23.2 Å². The first kappa shape index (κ1) is 17.3. The molecule has 9 heteroatoms. The molecule has 138 valence electrons. The van der Waals surface area contributed by atoms with E-state index in [1.807, 2.05) is 23.1 Å². The van der Waals surface area contributed by atoms with E-state index >= 15 is 0 Å². The second kappa shape index (κ2) is 6.92. The molecule has 0 saturated carbocycles. The van der Waals surface area contributed by atoms with Crippen molar-refractivity contribution in [2.24, 2.45) is 5.73 Å². The highest BCUT2D eigenvalue weighted by Crippen LogP contribution is 2.36. The van der Waals surface area contributed by atoms with Crippen LogP contribution in [-0.4, -0.2) is 43.5 Å². The number of primary amides is 1. The average Bonchev–Trinajstić information content (AvgIpc) is 3.40. The van der Waals surface area contributed by atoms with E-state index in [1.165, 1.54) is 11.3 Å². The van der Waals surface area contributed by atoms with E-state index < -0.39 is 5.91 Å². The van der Waals surface area contributed by atoms with Crippen molar-refractivity contribution in [1.29, 1.82) is 0 Å². The maximum atomic E-state index is 13.2. The second-order valence-electron chi connectivity index (χ2n) is 6.41. The first-order valence-corrected chi connectivity index (χ1v) is 9.42. The monoisotopic (exact) mass is 382 g/mol. The highest BCUT2D eigenvalue weighted by molar-refractivity contribution is 7.14. The lowest BCUT2D eigenvalue weighted by Crippen LogP contribution is -2.30. The first-order valence-electron chi connectivity index (χ1n) is 8.60. The van der Waals surface area contributed by atoms with Crippen LogP contribution in [0.25, 0.3) is 5.69 Å². The third-order valence-electron chi connectivity index (χ3n) is 4.67. The van der Waals surface area contributed by atoms with E-state index in [-0.39, 0.29) is 11.9 Å². The minimum Gasteiger partial charge on any atom is -0.365 e. The molecule has 1 fully saturated rings. The summed E-state index contributed by atoms with van der Waals surface area (Å²) >= 11 is 1.36.